The maximum atomic E-state index is 11.7. The summed E-state index contributed by atoms with van der Waals surface area (Å²) in [6, 6.07) is 3.89. The van der Waals surface area contributed by atoms with Crippen LogP contribution >= 0.6 is 0 Å². The molecule has 1 unspecified atom stereocenters. The van der Waals surface area contributed by atoms with Gasteiger partial charge in [0.15, 0.2) is 0 Å². The van der Waals surface area contributed by atoms with E-state index in [0.717, 1.165) is 18.8 Å². The maximum absolute atomic E-state index is 11.7. The van der Waals surface area contributed by atoms with Gasteiger partial charge in [0, 0.05) is 19.3 Å². The monoisotopic (exact) mass is 238 g/mol. The normalized spacial score (nSPS) is 20.2. The first-order valence-corrected chi connectivity index (χ1v) is 5.88. The van der Waals surface area contributed by atoms with Crippen LogP contribution in [-0.4, -0.2) is 36.9 Å². The van der Waals surface area contributed by atoms with Gasteiger partial charge in [-0.05, 0) is 19.1 Å². The number of nitrogens with zero attached hydrogens (tertiary/aromatic N) is 1. The van der Waals surface area contributed by atoms with E-state index in [1.807, 2.05) is 17.7 Å². The Morgan fingerprint density at radius 2 is 2.47 bits per heavy atom. The second-order valence-electron chi connectivity index (χ2n) is 4.00. The smallest absolute Gasteiger partial charge is 0.354 e. The topological polar surface area (TPSA) is 52.5 Å². The van der Waals surface area contributed by atoms with E-state index in [0.29, 0.717) is 18.9 Å². The predicted octanol–water partition coefficient (Wildman–Crippen LogP) is 0.863. The van der Waals surface area contributed by atoms with Crippen LogP contribution in [0.15, 0.2) is 12.1 Å². The Kier molecular flexibility index (Phi) is 3.81. The number of ether oxygens (including phenoxy) is 2. The maximum Gasteiger partial charge on any atom is 0.354 e. The van der Waals surface area contributed by atoms with Crippen molar-refractivity contribution < 1.29 is 14.3 Å². The molecule has 2 rings (SSSR count). The number of hydrogen-bond acceptors (Lipinski definition) is 4. The van der Waals surface area contributed by atoms with E-state index in [-0.39, 0.29) is 12.0 Å². The summed E-state index contributed by atoms with van der Waals surface area (Å²) in [5, 5.41) is 3.36. The summed E-state index contributed by atoms with van der Waals surface area (Å²) in [6.45, 7) is 4.42. The molecule has 0 aliphatic carbocycles. The zero-order valence-electron chi connectivity index (χ0n) is 10.2. The van der Waals surface area contributed by atoms with E-state index < -0.39 is 0 Å². The number of aromatic nitrogens is 1. The highest BCUT2D eigenvalue weighted by Crippen LogP contribution is 2.18. The second-order valence-corrected chi connectivity index (χ2v) is 4.00. The first-order valence-electron chi connectivity index (χ1n) is 5.88. The molecule has 0 spiro atoms. The molecule has 5 nitrogen and oxygen atoms in total. The highest BCUT2D eigenvalue weighted by atomic mass is 16.5. The summed E-state index contributed by atoms with van der Waals surface area (Å²) in [6.07, 6.45) is 0. The SMILES string of the molecule is CCOC(=O)c1ccc(C2COCCN2)n1C. The van der Waals surface area contributed by atoms with Gasteiger partial charge in [-0.25, -0.2) is 4.79 Å². The Hall–Kier alpha value is -1.33. The molecule has 0 aromatic carbocycles. The van der Waals surface area contributed by atoms with Gasteiger partial charge in [0.25, 0.3) is 0 Å². The molecule has 94 valence electrons. The van der Waals surface area contributed by atoms with Gasteiger partial charge < -0.3 is 19.4 Å². The van der Waals surface area contributed by atoms with Crippen molar-refractivity contribution in [3.63, 3.8) is 0 Å². The molecule has 17 heavy (non-hydrogen) atoms. The van der Waals surface area contributed by atoms with E-state index in [1.54, 1.807) is 13.0 Å². The summed E-state index contributed by atoms with van der Waals surface area (Å²) in [5.41, 5.74) is 1.63. The van der Waals surface area contributed by atoms with Gasteiger partial charge >= 0.3 is 5.97 Å². The molecule has 1 aliphatic heterocycles. The number of carbonyl (C=O) groups is 1. The molecule has 5 heteroatoms. The van der Waals surface area contributed by atoms with E-state index >= 15 is 0 Å². The quantitative estimate of drug-likeness (QED) is 0.794. The van der Waals surface area contributed by atoms with Crippen molar-refractivity contribution in [2.24, 2.45) is 7.05 Å². The van der Waals surface area contributed by atoms with Gasteiger partial charge in [-0.1, -0.05) is 0 Å². The van der Waals surface area contributed by atoms with Crippen molar-refractivity contribution in [3.8, 4) is 0 Å². The fourth-order valence-electron chi connectivity index (χ4n) is 2.04. The molecule has 1 aromatic rings. The minimum atomic E-state index is -0.280. The fraction of sp³-hybridized carbons (Fsp3) is 0.583. The average molecular weight is 238 g/mol. The van der Waals surface area contributed by atoms with Gasteiger partial charge in [-0.3, -0.25) is 0 Å². The molecule has 0 bridgehead atoms. The Bertz CT molecular complexity index is 394. The van der Waals surface area contributed by atoms with E-state index in [2.05, 4.69) is 5.32 Å². The third kappa shape index (κ3) is 2.50. The second kappa shape index (κ2) is 5.33. The van der Waals surface area contributed by atoms with Crippen molar-refractivity contribution in [2.45, 2.75) is 13.0 Å². The minimum absolute atomic E-state index is 0.150. The van der Waals surface area contributed by atoms with Crippen molar-refractivity contribution in [3.05, 3.63) is 23.5 Å². The lowest BCUT2D eigenvalue weighted by Crippen LogP contribution is -2.35. The van der Waals surface area contributed by atoms with Crippen LogP contribution in [0.5, 0.6) is 0 Å². The Balaban J connectivity index is 2.16. The van der Waals surface area contributed by atoms with Crippen LogP contribution in [0.2, 0.25) is 0 Å². The molecule has 0 amide bonds. The number of rotatable bonds is 3. The van der Waals surface area contributed by atoms with Gasteiger partial charge in [0.2, 0.25) is 0 Å². The average Bonchev–Trinajstić information content (AvgIpc) is 2.72. The first kappa shape index (κ1) is 12.1. The van der Waals surface area contributed by atoms with Gasteiger partial charge in [-0.15, -0.1) is 0 Å². The van der Waals surface area contributed by atoms with Crippen LogP contribution in [0.4, 0.5) is 0 Å². The molecule has 1 aliphatic rings. The highest BCUT2D eigenvalue weighted by molar-refractivity contribution is 5.87. The molecular weight excluding hydrogens is 220 g/mol. The van der Waals surface area contributed by atoms with Crippen LogP contribution in [-0.2, 0) is 16.5 Å². The predicted molar refractivity (Wildman–Crippen MR) is 62.9 cm³/mol. The molecule has 1 saturated heterocycles. The summed E-state index contributed by atoms with van der Waals surface area (Å²) in [5.74, 6) is -0.280. The third-order valence-electron chi connectivity index (χ3n) is 2.92. The highest BCUT2D eigenvalue weighted by Gasteiger charge is 2.21. The zero-order valence-corrected chi connectivity index (χ0v) is 10.2. The molecule has 0 saturated carbocycles. The number of hydrogen-bond donors (Lipinski definition) is 1. The molecule has 1 aromatic heterocycles. The van der Waals surface area contributed by atoms with Crippen molar-refractivity contribution in [1.29, 1.82) is 0 Å². The van der Waals surface area contributed by atoms with Gasteiger partial charge in [0.05, 0.1) is 25.9 Å². The molecule has 2 heterocycles. The van der Waals surface area contributed by atoms with Gasteiger partial charge in [0.1, 0.15) is 5.69 Å². The molecule has 1 fully saturated rings. The van der Waals surface area contributed by atoms with Crippen LogP contribution in [0.25, 0.3) is 0 Å². The number of nitrogens with one attached hydrogen (secondary N) is 1. The zero-order chi connectivity index (χ0) is 12.3. The lowest BCUT2D eigenvalue weighted by atomic mass is 10.2. The summed E-state index contributed by atoms with van der Waals surface area (Å²) in [4.78, 5) is 11.7. The van der Waals surface area contributed by atoms with E-state index in [4.69, 9.17) is 9.47 Å². The molecule has 0 radical (unpaired) electrons. The third-order valence-corrected chi connectivity index (χ3v) is 2.92. The van der Waals surface area contributed by atoms with Crippen molar-refractivity contribution in [2.75, 3.05) is 26.4 Å². The lowest BCUT2D eigenvalue weighted by molar-refractivity contribution is 0.0512. The Labute approximate surface area is 101 Å². The van der Waals surface area contributed by atoms with E-state index in [9.17, 15) is 4.79 Å². The van der Waals surface area contributed by atoms with Crippen LogP contribution in [0.1, 0.15) is 29.1 Å². The summed E-state index contributed by atoms with van der Waals surface area (Å²) in [7, 11) is 1.87. The Morgan fingerprint density at radius 1 is 1.65 bits per heavy atom. The van der Waals surface area contributed by atoms with Crippen LogP contribution in [0.3, 0.4) is 0 Å². The number of carbonyl (C=O) groups excluding carboxylic acids is 1. The van der Waals surface area contributed by atoms with Crippen LogP contribution < -0.4 is 5.32 Å². The fourth-order valence-corrected chi connectivity index (χ4v) is 2.04. The van der Waals surface area contributed by atoms with Crippen molar-refractivity contribution in [1.82, 2.24) is 9.88 Å². The Morgan fingerprint density at radius 3 is 3.12 bits per heavy atom. The molecular formula is C12H18N2O3. The number of morpholine rings is 1. The summed E-state index contributed by atoms with van der Waals surface area (Å²) >= 11 is 0. The molecule has 1 atom stereocenters. The first-order chi connectivity index (χ1) is 8.24. The summed E-state index contributed by atoms with van der Waals surface area (Å²) < 4.78 is 12.3. The van der Waals surface area contributed by atoms with Crippen molar-refractivity contribution >= 4 is 5.97 Å². The molecule has 1 N–H and O–H groups in total. The number of esters is 1. The standard InChI is InChI=1S/C12H18N2O3/c1-3-17-12(15)11-5-4-10(14(11)2)9-8-16-7-6-13-9/h4-5,9,13H,3,6-8H2,1-2H3. The van der Waals surface area contributed by atoms with E-state index in [1.165, 1.54) is 0 Å². The van der Waals surface area contributed by atoms with Gasteiger partial charge in [-0.2, -0.15) is 0 Å². The van der Waals surface area contributed by atoms with Crippen LogP contribution in [0, 0.1) is 0 Å². The minimum Gasteiger partial charge on any atom is -0.461 e. The largest absolute Gasteiger partial charge is 0.461 e. The lowest BCUT2D eigenvalue weighted by Gasteiger charge is -2.24.